The minimum absolute atomic E-state index is 0.0909. The Balaban J connectivity index is 1.44. The molecule has 0 saturated heterocycles. The first-order valence-electron chi connectivity index (χ1n) is 9.41. The summed E-state index contributed by atoms with van der Waals surface area (Å²) in [5.74, 6) is 0.579. The molecule has 0 aliphatic carbocycles. The fraction of sp³-hybridized carbons (Fsp3) is 0.136. The van der Waals surface area contributed by atoms with E-state index in [1.165, 1.54) is 0 Å². The largest absolute Gasteiger partial charge is 0.487 e. The van der Waals surface area contributed by atoms with Gasteiger partial charge in [0.1, 0.15) is 18.1 Å². The van der Waals surface area contributed by atoms with Crippen LogP contribution in [0.4, 0.5) is 5.69 Å². The van der Waals surface area contributed by atoms with Gasteiger partial charge in [-0.25, -0.2) is 0 Å². The van der Waals surface area contributed by atoms with Gasteiger partial charge < -0.3 is 14.6 Å². The monoisotopic (exact) mass is 456 g/mol. The zero-order valence-electron chi connectivity index (χ0n) is 16.5. The van der Waals surface area contributed by atoms with E-state index in [9.17, 15) is 4.79 Å². The fourth-order valence-electron chi connectivity index (χ4n) is 2.96. The molecule has 2 heterocycles. The van der Waals surface area contributed by atoms with Crippen molar-refractivity contribution in [2.45, 2.75) is 20.1 Å². The van der Waals surface area contributed by atoms with Crippen molar-refractivity contribution >= 4 is 34.8 Å². The Hall–Kier alpha value is -3.29. The smallest absolute Gasteiger partial charge is 0.278 e. The van der Waals surface area contributed by atoms with Gasteiger partial charge in [0.25, 0.3) is 5.91 Å². The molecule has 0 radical (unpaired) electrons. The second-order valence-electron chi connectivity index (χ2n) is 6.76. The first kappa shape index (κ1) is 21.0. The Bertz CT molecular complexity index is 1220. The molecule has 0 saturated carbocycles. The molecule has 4 rings (SSSR count). The van der Waals surface area contributed by atoms with Gasteiger partial charge in [-0.15, -0.1) is 0 Å². The van der Waals surface area contributed by atoms with Crippen molar-refractivity contribution in [3.63, 3.8) is 0 Å². The number of halogens is 2. The Kier molecular flexibility index (Phi) is 6.25. The number of amides is 1. The number of ether oxygens (including phenoxy) is 1. The number of nitrogens with zero attached hydrogens (tertiary/aromatic N) is 3. The first-order valence-corrected chi connectivity index (χ1v) is 10.2. The average Bonchev–Trinajstić information content (AvgIpc) is 3.35. The molecule has 0 bridgehead atoms. The normalized spacial score (nSPS) is 10.8. The van der Waals surface area contributed by atoms with Gasteiger partial charge in [-0.1, -0.05) is 58.7 Å². The fourth-order valence-corrected chi connectivity index (χ4v) is 3.34. The summed E-state index contributed by atoms with van der Waals surface area (Å²) in [6.07, 6.45) is 3.27. The number of aromatic nitrogens is 3. The van der Waals surface area contributed by atoms with Gasteiger partial charge in [0.15, 0.2) is 5.69 Å². The zero-order chi connectivity index (χ0) is 21.8. The number of carbonyl (C=O) groups is 1. The third-order valence-electron chi connectivity index (χ3n) is 4.59. The van der Waals surface area contributed by atoms with E-state index >= 15 is 0 Å². The van der Waals surface area contributed by atoms with Crippen LogP contribution in [0, 0.1) is 6.92 Å². The Morgan fingerprint density at radius 2 is 1.87 bits per heavy atom. The Morgan fingerprint density at radius 3 is 2.65 bits per heavy atom. The van der Waals surface area contributed by atoms with Crippen molar-refractivity contribution in [1.29, 1.82) is 0 Å². The van der Waals surface area contributed by atoms with Gasteiger partial charge in [0, 0.05) is 11.2 Å². The van der Waals surface area contributed by atoms with Crippen molar-refractivity contribution in [3.05, 3.63) is 93.6 Å². The molecule has 1 N–H and O–H groups in total. The minimum Gasteiger partial charge on any atom is -0.487 e. The molecule has 9 heteroatoms. The third-order valence-corrected chi connectivity index (χ3v) is 5.27. The lowest BCUT2D eigenvalue weighted by atomic mass is 10.2. The number of aryl methyl sites for hydroxylation is 1. The van der Waals surface area contributed by atoms with Crippen molar-refractivity contribution in [3.8, 4) is 5.75 Å². The van der Waals surface area contributed by atoms with Gasteiger partial charge in [0.05, 0.1) is 29.0 Å². The summed E-state index contributed by atoms with van der Waals surface area (Å²) >= 11 is 12.3. The van der Waals surface area contributed by atoms with Crippen molar-refractivity contribution in [1.82, 2.24) is 14.9 Å². The molecule has 0 aliphatic heterocycles. The molecule has 2 aromatic heterocycles. The SMILES string of the molecule is Cc1onc(C(=O)Nc2cnn(Cc3ccccc3Cl)c2)c1COc1ccccc1Cl. The molecule has 1 amide bonds. The van der Waals surface area contributed by atoms with Gasteiger partial charge in [-0.2, -0.15) is 5.10 Å². The molecule has 0 spiro atoms. The van der Waals surface area contributed by atoms with Gasteiger partial charge in [-0.05, 0) is 30.7 Å². The third kappa shape index (κ3) is 4.90. The van der Waals surface area contributed by atoms with Crippen LogP contribution < -0.4 is 10.1 Å². The number of anilines is 1. The lowest BCUT2D eigenvalue weighted by Gasteiger charge is -2.08. The van der Waals surface area contributed by atoms with Crippen molar-refractivity contribution in [2.24, 2.45) is 0 Å². The van der Waals surface area contributed by atoms with Gasteiger partial charge in [-0.3, -0.25) is 9.48 Å². The number of benzene rings is 2. The lowest BCUT2D eigenvalue weighted by Crippen LogP contribution is -2.15. The van der Waals surface area contributed by atoms with E-state index in [-0.39, 0.29) is 12.3 Å². The summed E-state index contributed by atoms with van der Waals surface area (Å²) in [4.78, 5) is 12.8. The van der Waals surface area contributed by atoms with Gasteiger partial charge >= 0.3 is 0 Å². The van der Waals surface area contributed by atoms with Crippen molar-refractivity contribution in [2.75, 3.05) is 5.32 Å². The summed E-state index contributed by atoms with van der Waals surface area (Å²) in [7, 11) is 0. The summed E-state index contributed by atoms with van der Waals surface area (Å²) in [5, 5.41) is 12.1. The average molecular weight is 457 g/mol. The molecule has 0 fully saturated rings. The van der Waals surface area contributed by atoms with Crippen LogP contribution >= 0.6 is 23.2 Å². The molecular formula is C22H18Cl2N4O3. The maximum atomic E-state index is 12.8. The summed E-state index contributed by atoms with van der Waals surface area (Å²) in [6, 6.07) is 14.6. The van der Waals surface area contributed by atoms with E-state index in [0.29, 0.717) is 39.4 Å². The summed E-state index contributed by atoms with van der Waals surface area (Å²) < 4.78 is 12.6. The molecule has 4 aromatic rings. The van der Waals surface area contributed by atoms with E-state index < -0.39 is 5.91 Å². The Morgan fingerprint density at radius 1 is 1.13 bits per heavy atom. The molecule has 7 nitrogen and oxygen atoms in total. The van der Waals surface area contributed by atoms with E-state index in [1.807, 2.05) is 36.4 Å². The number of rotatable bonds is 7. The predicted molar refractivity (Wildman–Crippen MR) is 118 cm³/mol. The highest BCUT2D eigenvalue weighted by Gasteiger charge is 2.21. The van der Waals surface area contributed by atoms with E-state index in [2.05, 4.69) is 15.6 Å². The predicted octanol–water partition coefficient (Wildman–Crippen LogP) is 5.37. The van der Waals surface area contributed by atoms with E-state index in [4.69, 9.17) is 32.5 Å². The van der Waals surface area contributed by atoms with Crippen LogP contribution in [0.5, 0.6) is 5.75 Å². The molecule has 31 heavy (non-hydrogen) atoms. The standard InChI is InChI=1S/C22H18Cl2N4O3/c1-14-17(13-30-20-9-5-4-8-19(20)24)21(27-31-14)22(29)26-16-10-25-28(12-16)11-15-6-2-3-7-18(15)23/h2-10,12H,11,13H2,1H3,(H,26,29). The molecule has 0 atom stereocenters. The van der Waals surface area contributed by atoms with Crippen LogP contribution in [0.3, 0.4) is 0 Å². The molecule has 0 unspecified atom stereocenters. The first-order chi connectivity index (χ1) is 15.0. The van der Waals surface area contributed by atoms with Crippen LogP contribution in [0.1, 0.15) is 27.4 Å². The van der Waals surface area contributed by atoms with E-state index in [0.717, 1.165) is 5.56 Å². The minimum atomic E-state index is -0.424. The number of carbonyl (C=O) groups excluding carboxylic acids is 1. The molecule has 2 aromatic carbocycles. The second kappa shape index (κ2) is 9.24. The lowest BCUT2D eigenvalue weighted by molar-refractivity contribution is 0.101. The quantitative estimate of drug-likeness (QED) is 0.404. The highest BCUT2D eigenvalue weighted by molar-refractivity contribution is 6.32. The topological polar surface area (TPSA) is 82.2 Å². The zero-order valence-corrected chi connectivity index (χ0v) is 18.0. The maximum absolute atomic E-state index is 12.8. The summed E-state index contributed by atoms with van der Waals surface area (Å²) in [5.41, 5.74) is 2.14. The highest BCUT2D eigenvalue weighted by atomic mass is 35.5. The van der Waals surface area contributed by atoms with Gasteiger partial charge in [0.2, 0.25) is 0 Å². The van der Waals surface area contributed by atoms with E-state index in [1.54, 1.807) is 36.1 Å². The van der Waals surface area contributed by atoms with Crippen molar-refractivity contribution < 1.29 is 14.1 Å². The number of hydrogen-bond donors (Lipinski definition) is 1. The second-order valence-corrected chi connectivity index (χ2v) is 7.57. The number of nitrogens with one attached hydrogen (secondary N) is 1. The summed E-state index contributed by atoms with van der Waals surface area (Å²) in [6.45, 7) is 2.29. The number of hydrogen-bond acceptors (Lipinski definition) is 5. The number of para-hydroxylation sites is 1. The highest BCUT2D eigenvalue weighted by Crippen LogP contribution is 2.25. The van der Waals surface area contributed by atoms with Crippen LogP contribution in [0.25, 0.3) is 0 Å². The molecule has 158 valence electrons. The van der Waals surface area contributed by atoms with Crippen LogP contribution in [-0.2, 0) is 13.2 Å². The maximum Gasteiger partial charge on any atom is 0.278 e. The molecular weight excluding hydrogens is 439 g/mol. The van der Waals surface area contributed by atoms with Crippen LogP contribution in [-0.4, -0.2) is 20.8 Å². The molecule has 0 aliphatic rings. The van der Waals surface area contributed by atoms with Crippen LogP contribution in [0.15, 0.2) is 65.4 Å². The Labute approximate surface area is 188 Å². The van der Waals surface area contributed by atoms with Crippen LogP contribution in [0.2, 0.25) is 10.0 Å².